The van der Waals surface area contributed by atoms with Crippen molar-refractivity contribution >= 4 is 27.6 Å². The summed E-state index contributed by atoms with van der Waals surface area (Å²) < 4.78 is 2.22. The van der Waals surface area contributed by atoms with Gasteiger partial charge >= 0.3 is 0 Å². The molecule has 0 spiro atoms. The molecule has 5 heteroatoms. The first-order valence-corrected chi connectivity index (χ1v) is 8.38. The maximum Gasteiger partial charge on any atom is 0.194 e. The maximum absolute atomic E-state index is 4.62. The van der Waals surface area contributed by atoms with Crippen LogP contribution in [0.25, 0.3) is 4.96 Å². The molecule has 0 bridgehead atoms. The zero-order valence-electron chi connectivity index (χ0n) is 12.3. The number of thiophene rings is 1. The van der Waals surface area contributed by atoms with E-state index >= 15 is 0 Å². The number of nitrogens with zero attached hydrogens (tertiary/aromatic N) is 2. The first-order valence-electron chi connectivity index (χ1n) is 6.75. The van der Waals surface area contributed by atoms with Gasteiger partial charge in [0.2, 0.25) is 0 Å². The third-order valence-corrected chi connectivity index (χ3v) is 5.60. The van der Waals surface area contributed by atoms with Gasteiger partial charge in [-0.15, -0.1) is 22.7 Å². The van der Waals surface area contributed by atoms with E-state index in [4.69, 9.17) is 0 Å². The molecule has 0 aromatic carbocycles. The first kappa shape index (κ1) is 13.8. The fourth-order valence-corrected chi connectivity index (χ4v) is 4.28. The van der Waals surface area contributed by atoms with Gasteiger partial charge < -0.3 is 5.32 Å². The molecule has 3 aromatic heterocycles. The Kier molecular flexibility index (Phi) is 3.67. The van der Waals surface area contributed by atoms with Crippen LogP contribution >= 0.6 is 22.7 Å². The monoisotopic (exact) mass is 305 g/mol. The van der Waals surface area contributed by atoms with E-state index in [0.717, 1.165) is 23.7 Å². The zero-order valence-corrected chi connectivity index (χ0v) is 13.9. The number of rotatable bonds is 4. The molecule has 3 aromatic rings. The highest BCUT2D eigenvalue weighted by Gasteiger charge is 2.10. The number of aromatic nitrogens is 2. The lowest BCUT2D eigenvalue weighted by Gasteiger charge is -2.03. The standard InChI is InChI=1S/C15H19N3S2/c1-9-5-13(20-12(9)4)6-16-7-14-11(3)17-15-18(14)8-10(2)19-15/h5,8,16H,6-7H2,1-4H3. The summed E-state index contributed by atoms with van der Waals surface area (Å²) in [6, 6.07) is 2.28. The largest absolute Gasteiger partial charge is 0.306 e. The second kappa shape index (κ2) is 5.31. The van der Waals surface area contributed by atoms with Crippen molar-refractivity contribution in [3.63, 3.8) is 0 Å². The van der Waals surface area contributed by atoms with Crippen LogP contribution in [0.2, 0.25) is 0 Å². The molecule has 0 saturated heterocycles. The number of fused-ring (bicyclic) bond motifs is 1. The van der Waals surface area contributed by atoms with E-state index in [0.29, 0.717) is 0 Å². The second-order valence-corrected chi connectivity index (χ2v) is 7.75. The maximum atomic E-state index is 4.62. The van der Waals surface area contributed by atoms with Crippen LogP contribution in [-0.4, -0.2) is 9.38 Å². The predicted molar refractivity (Wildman–Crippen MR) is 86.9 cm³/mol. The van der Waals surface area contributed by atoms with Gasteiger partial charge in [-0.1, -0.05) is 0 Å². The fourth-order valence-electron chi connectivity index (χ4n) is 2.36. The highest BCUT2D eigenvalue weighted by atomic mass is 32.1. The van der Waals surface area contributed by atoms with Crippen molar-refractivity contribution in [1.82, 2.24) is 14.7 Å². The van der Waals surface area contributed by atoms with Crippen LogP contribution in [0.15, 0.2) is 12.3 Å². The van der Waals surface area contributed by atoms with E-state index < -0.39 is 0 Å². The van der Waals surface area contributed by atoms with Gasteiger partial charge in [0.05, 0.1) is 11.4 Å². The number of hydrogen-bond donors (Lipinski definition) is 1. The van der Waals surface area contributed by atoms with E-state index in [9.17, 15) is 0 Å². The summed E-state index contributed by atoms with van der Waals surface area (Å²) in [5.74, 6) is 0. The summed E-state index contributed by atoms with van der Waals surface area (Å²) in [6.07, 6.45) is 2.18. The highest BCUT2D eigenvalue weighted by Crippen LogP contribution is 2.22. The van der Waals surface area contributed by atoms with E-state index in [1.165, 1.54) is 25.9 Å². The van der Waals surface area contributed by atoms with Crippen LogP contribution in [0.5, 0.6) is 0 Å². The Balaban J connectivity index is 1.72. The highest BCUT2D eigenvalue weighted by molar-refractivity contribution is 7.17. The first-order chi connectivity index (χ1) is 9.54. The van der Waals surface area contributed by atoms with Crippen LogP contribution in [0.4, 0.5) is 0 Å². The predicted octanol–water partition coefficient (Wildman–Crippen LogP) is 3.98. The number of aryl methyl sites for hydroxylation is 4. The number of nitrogens with one attached hydrogen (secondary N) is 1. The Morgan fingerprint density at radius 1 is 1.15 bits per heavy atom. The molecule has 0 aliphatic carbocycles. The van der Waals surface area contributed by atoms with Crippen LogP contribution in [0.1, 0.15) is 31.6 Å². The van der Waals surface area contributed by atoms with Gasteiger partial charge in [-0.2, -0.15) is 0 Å². The Morgan fingerprint density at radius 2 is 1.95 bits per heavy atom. The summed E-state index contributed by atoms with van der Waals surface area (Å²) in [5.41, 5.74) is 3.79. The zero-order chi connectivity index (χ0) is 14.3. The molecular formula is C15H19N3S2. The summed E-state index contributed by atoms with van der Waals surface area (Å²) in [5, 5.41) is 3.54. The van der Waals surface area contributed by atoms with E-state index in [1.54, 1.807) is 11.3 Å². The van der Waals surface area contributed by atoms with Gasteiger partial charge in [-0.3, -0.25) is 4.40 Å². The Hall–Kier alpha value is -1.17. The molecule has 0 atom stereocenters. The number of imidazole rings is 1. The van der Waals surface area contributed by atoms with Crippen LogP contribution in [-0.2, 0) is 13.1 Å². The third kappa shape index (κ3) is 2.53. The topological polar surface area (TPSA) is 29.3 Å². The molecule has 3 heterocycles. The summed E-state index contributed by atoms with van der Waals surface area (Å²) >= 11 is 3.63. The SMILES string of the molecule is Cc1cn2c(CNCc3cc(C)c(C)s3)c(C)nc2s1. The van der Waals surface area contributed by atoms with Crippen LogP contribution in [0, 0.1) is 27.7 Å². The lowest BCUT2D eigenvalue weighted by atomic mass is 10.3. The smallest absolute Gasteiger partial charge is 0.194 e. The number of hydrogen-bond acceptors (Lipinski definition) is 4. The lowest BCUT2D eigenvalue weighted by molar-refractivity contribution is 0.679. The summed E-state index contributed by atoms with van der Waals surface area (Å²) in [4.78, 5) is 9.84. The fraction of sp³-hybridized carbons (Fsp3) is 0.400. The van der Waals surface area contributed by atoms with Gasteiger partial charge in [-0.05, 0) is 39.3 Å². The van der Waals surface area contributed by atoms with Crippen molar-refractivity contribution in [3.05, 3.63) is 43.8 Å². The molecule has 106 valence electrons. The molecule has 1 N–H and O–H groups in total. The van der Waals surface area contributed by atoms with Crippen molar-refractivity contribution in [2.75, 3.05) is 0 Å². The van der Waals surface area contributed by atoms with Gasteiger partial charge in [0.1, 0.15) is 0 Å². The minimum absolute atomic E-state index is 0.860. The van der Waals surface area contributed by atoms with Crippen molar-refractivity contribution in [2.45, 2.75) is 40.8 Å². The molecule has 0 aliphatic rings. The van der Waals surface area contributed by atoms with Crippen LogP contribution in [0.3, 0.4) is 0 Å². The summed E-state index contributed by atoms with van der Waals surface area (Å²) in [7, 11) is 0. The van der Waals surface area contributed by atoms with Gasteiger partial charge in [0.15, 0.2) is 4.96 Å². The average molecular weight is 305 g/mol. The molecular weight excluding hydrogens is 286 g/mol. The van der Waals surface area contributed by atoms with Gasteiger partial charge in [-0.25, -0.2) is 4.98 Å². The van der Waals surface area contributed by atoms with Crippen molar-refractivity contribution < 1.29 is 0 Å². The molecule has 0 saturated carbocycles. The normalized spacial score (nSPS) is 11.6. The molecule has 0 unspecified atom stereocenters. The minimum Gasteiger partial charge on any atom is -0.306 e. The molecule has 0 radical (unpaired) electrons. The molecule has 20 heavy (non-hydrogen) atoms. The molecule has 0 amide bonds. The molecule has 3 nitrogen and oxygen atoms in total. The lowest BCUT2D eigenvalue weighted by Crippen LogP contribution is -2.13. The van der Waals surface area contributed by atoms with E-state index in [-0.39, 0.29) is 0 Å². The summed E-state index contributed by atoms with van der Waals surface area (Å²) in [6.45, 7) is 10.4. The average Bonchev–Trinajstić information content (AvgIpc) is 2.96. The van der Waals surface area contributed by atoms with Crippen molar-refractivity contribution in [2.24, 2.45) is 0 Å². The Bertz CT molecular complexity index is 729. The van der Waals surface area contributed by atoms with E-state index in [2.05, 4.69) is 54.7 Å². The van der Waals surface area contributed by atoms with Gasteiger partial charge in [0.25, 0.3) is 0 Å². The number of thiazole rings is 1. The minimum atomic E-state index is 0.860. The van der Waals surface area contributed by atoms with Crippen LogP contribution < -0.4 is 5.32 Å². The second-order valence-electron chi connectivity index (χ2n) is 5.19. The molecule has 0 aliphatic heterocycles. The van der Waals surface area contributed by atoms with Gasteiger partial charge in [0, 0.05) is 33.9 Å². The Labute approximate surface area is 127 Å². The van der Waals surface area contributed by atoms with Crippen molar-refractivity contribution in [1.29, 1.82) is 0 Å². The van der Waals surface area contributed by atoms with E-state index in [1.807, 2.05) is 11.3 Å². The third-order valence-electron chi connectivity index (χ3n) is 3.55. The Morgan fingerprint density at radius 3 is 2.65 bits per heavy atom. The molecule has 0 fully saturated rings. The molecule has 3 rings (SSSR count). The quantitative estimate of drug-likeness (QED) is 0.790. The van der Waals surface area contributed by atoms with Crippen molar-refractivity contribution in [3.8, 4) is 0 Å².